The van der Waals surface area contributed by atoms with Crippen molar-refractivity contribution in [2.75, 3.05) is 72.6 Å². The lowest BCUT2D eigenvalue weighted by molar-refractivity contribution is -0.139. The van der Waals surface area contributed by atoms with E-state index in [2.05, 4.69) is 16.8 Å². The maximum Gasteiger partial charge on any atom is 0.251 e. The Balaban J connectivity index is 1.15. The molecule has 3 fully saturated rings. The van der Waals surface area contributed by atoms with E-state index in [1.165, 1.54) is 24.2 Å². The Morgan fingerprint density at radius 2 is 1.90 bits per heavy atom. The highest BCUT2D eigenvalue weighted by atomic mass is 32.2. The van der Waals surface area contributed by atoms with Gasteiger partial charge >= 0.3 is 0 Å². The summed E-state index contributed by atoms with van der Waals surface area (Å²) in [7, 11) is -1.85. The third-order valence-electron chi connectivity index (χ3n) is 8.17. The molecule has 4 heterocycles. The summed E-state index contributed by atoms with van der Waals surface area (Å²) in [6.07, 6.45) is 1.31. The first kappa shape index (κ1) is 28.8. The molecule has 0 spiro atoms. The maximum absolute atomic E-state index is 14.4. The molecule has 1 aromatic carbocycles. The Kier molecular flexibility index (Phi) is 8.89. The monoisotopic (exact) mass is 584 g/mol. The molecule has 1 amide bonds. The van der Waals surface area contributed by atoms with Crippen LogP contribution in [0.15, 0.2) is 34.5 Å². The number of hydrogen-bond donors (Lipinski definition) is 0. The zero-order valence-corrected chi connectivity index (χ0v) is 24.1. The van der Waals surface area contributed by atoms with Crippen molar-refractivity contribution in [2.45, 2.75) is 42.5 Å². The molecule has 0 radical (unpaired) electrons. The Labute approximate surface area is 233 Å². The zero-order valence-electron chi connectivity index (χ0n) is 22.4. The number of carbonyl (C=O) groups excluding carboxylic acids is 1. The standard InChI is InChI=1S/C27H38F2N4O4S2/c1-30-9-4-5-21(16-30)17-31-11-13-32(14-12-31)26(34)19-37-18-22-15-27(28,29)8-10-33(22)39(35,36)25-20-38-24-7-3-2-6-23(24)25/h2-3,6-7,20-22H,4-5,8-19H2,1H3/t21?,22-/m0/s1. The third kappa shape index (κ3) is 6.79. The van der Waals surface area contributed by atoms with Gasteiger partial charge in [0.25, 0.3) is 5.92 Å². The number of alkyl halides is 2. The Bertz CT molecular complexity index is 1250. The average molecular weight is 585 g/mol. The molecule has 0 aliphatic carbocycles. The number of amides is 1. The molecule has 0 bridgehead atoms. The summed E-state index contributed by atoms with van der Waals surface area (Å²) in [5.74, 6) is -2.51. The minimum Gasteiger partial charge on any atom is -0.370 e. The lowest BCUT2D eigenvalue weighted by Gasteiger charge is -2.39. The fourth-order valence-electron chi connectivity index (χ4n) is 6.08. The van der Waals surface area contributed by atoms with Crippen molar-refractivity contribution in [3.8, 4) is 0 Å². The molecule has 3 aliphatic heterocycles. The zero-order chi connectivity index (χ0) is 27.6. The summed E-state index contributed by atoms with van der Waals surface area (Å²) < 4.78 is 63.4. The van der Waals surface area contributed by atoms with E-state index in [1.54, 1.807) is 22.4 Å². The number of piperidine rings is 2. The molecule has 39 heavy (non-hydrogen) atoms. The van der Waals surface area contributed by atoms with Gasteiger partial charge in [-0.1, -0.05) is 18.2 Å². The van der Waals surface area contributed by atoms with Crippen molar-refractivity contribution in [3.05, 3.63) is 29.6 Å². The summed E-state index contributed by atoms with van der Waals surface area (Å²) in [5, 5.41) is 2.16. The summed E-state index contributed by atoms with van der Waals surface area (Å²) in [5.41, 5.74) is 0. The van der Waals surface area contributed by atoms with Crippen LogP contribution in [-0.2, 0) is 19.6 Å². The lowest BCUT2D eigenvalue weighted by Crippen LogP contribution is -2.53. The van der Waals surface area contributed by atoms with Crippen molar-refractivity contribution in [1.29, 1.82) is 0 Å². The van der Waals surface area contributed by atoms with Crippen LogP contribution in [0.4, 0.5) is 8.78 Å². The largest absolute Gasteiger partial charge is 0.370 e. The van der Waals surface area contributed by atoms with Gasteiger partial charge in [0, 0.05) is 74.1 Å². The first-order chi connectivity index (χ1) is 18.6. The van der Waals surface area contributed by atoms with Gasteiger partial charge in [0.2, 0.25) is 15.9 Å². The average Bonchev–Trinajstić information content (AvgIpc) is 3.34. The van der Waals surface area contributed by atoms with E-state index in [-0.39, 0.29) is 30.6 Å². The molecule has 0 saturated carbocycles. The van der Waals surface area contributed by atoms with Gasteiger partial charge < -0.3 is 14.5 Å². The number of rotatable bonds is 8. The Morgan fingerprint density at radius 1 is 1.13 bits per heavy atom. The number of thiophene rings is 1. The van der Waals surface area contributed by atoms with Crippen molar-refractivity contribution in [2.24, 2.45) is 5.92 Å². The first-order valence-electron chi connectivity index (χ1n) is 13.7. The van der Waals surface area contributed by atoms with E-state index < -0.39 is 34.8 Å². The predicted molar refractivity (Wildman–Crippen MR) is 148 cm³/mol. The molecule has 2 aromatic rings. The summed E-state index contributed by atoms with van der Waals surface area (Å²) in [4.78, 5) is 19.5. The number of piperazine rings is 1. The Morgan fingerprint density at radius 3 is 2.67 bits per heavy atom. The number of sulfonamides is 1. The van der Waals surface area contributed by atoms with E-state index >= 15 is 0 Å². The fourth-order valence-corrected chi connectivity index (χ4v) is 9.17. The second-order valence-electron chi connectivity index (χ2n) is 11.1. The van der Waals surface area contributed by atoms with E-state index in [1.807, 2.05) is 12.1 Å². The van der Waals surface area contributed by atoms with Gasteiger partial charge in [-0.2, -0.15) is 4.31 Å². The number of fused-ring (bicyclic) bond motifs is 1. The van der Waals surface area contributed by atoms with Crippen LogP contribution in [0.1, 0.15) is 25.7 Å². The van der Waals surface area contributed by atoms with Crippen molar-refractivity contribution < 1.29 is 26.7 Å². The first-order valence-corrected chi connectivity index (χ1v) is 16.1. The minimum absolute atomic E-state index is 0.132. The highest BCUT2D eigenvalue weighted by Gasteiger charge is 2.45. The molecule has 1 aromatic heterocycles. The number of carbonyl (C=O) groups is 1. The molecule has 216 valence electrons. The van der Waals surface area contributed by atoms with Crippen LogP contribution in [0.25, 0.3) is 10.1 Å². The van der Waals surface area contributed by atoms with E-state index in [0.29, 0.717) is 24.4 Å². The number of likely N-dealkylation sites (tertiary alicyclic amines) is 1. The highest BCUT2D eigenvalue weighted by molar-refractivity contribution is 7.89. The molecule has 1 unspecified atom stereocenters. The second kappa shape index (κ2) is 12.0. The molecule has 8 nitrogen and oxygen atoms in total. The van der Waals surface area contributed by atoms with Gasteiger partial charge in [-0.3, -0.25) is 9.69 Å². The smallest absolute Gasteiger partial charge is 0.251 e. The quantitative estimate of drug-likeness (QED) is 0.475. The van der Waals surface area contributed by atoms with Gasteiger partial charge in [0.05, 0.1) is 12.6 Å². The number of nitrogens with zero attached hydrogens (tertiary/aromatic N) is 4. The number of benzene rings is 1. The number of hydrogen-bond acceptors (Lipinski definition) is 7. The van der Waals surface area contributed by atoms with Crippen LogP contribution >= 0.6 is 11.3 Å². The molecule has 3 aliphatic rings. The van der Waals surface area contributed by atoms with Crippen LogP contribution in [0, 0.1) is 5.92 Å². The minimum atomic E-state index is -4.01. The SMILES string of the molecule is CN1CCCC(CN2CCN(C(=O)COC[C@@H]3CC(F)(F)CCN3S(=O)(=O)c3csc4ccccc34)CC2)C1. The molecule has 3 saturated heterocycles. The van der Waals surface area contributed by atoms with Gasteiger partial charge in [-0.15, -0.1) is 11.3 Å². The highest BCUT2D eigenvalue weighted by Crippen LogP contribution is 2.38. The summed E-state index contributed by atoms with van der Waals surface area (Å²) in [6, 6.07) is 6.12. The second-order valence-corrected chi connectivity index (χ2v) is 13.9. The van der Waals surface area contributed by atoms with Gasteiger partial charge in [0.15, 0.2) is 0 Å². The molecule has 5 rings (SSSR count). The number of halogens is 2. The van der Waals surface area contributed by atoms with Crippen LogP contribution < -0.4 is 0 Å². The molecular formula is C27H38F2N4O4S2. The maximum atomic E-state index is 14.4. The third-order valence-corrected chi connectivity index (χ3v) is 11.3. The fraction of sp³-hybridized carbons (Fsp3) is 0.667. The summed E-state index contributed by atoms with van der Waals surface area (Å²) in [6.45, 7) is 5.36. The molecule has 12 heteroatoms. The van der Waals surface area contributed by atoms with Crippen molar-refractivity contribution in [1.82, 2.24) is 19.0 Å². The molecular weight excluding hydrogens is 546 g/mol. The van der Waals surface area contributed by atoms with Gasteiger partial charge in [0.1, 0.15) is 11.5 Å². The van der Waals surface area contributed by atoms with Crippen LogP contribution in [-0.4, -0.2) is 118 Å². The van der Waals surface area contributed by atoms with E-state index in [0.717, 1.165) is 41.7 Å². The normalized spacial score (nSPS) is 25.8. The van der Waals surface area contributed by atoms with Crippen LogP contribution in [0.2, 0.25) is 0 Å². The Hall–Kier alpha value is -1.70. The van der Waals surface area contributed by atoms with E-state index in [9.17, 15) is 22.0 Å². The van der Waals surface area contributed by atoms with Gasteiger partial charge in [-0.25, -0.2) is 17.2 Å². The molecule has 2 atom stereocenters. The van der Waals surface area contributed by atoms with Crippen LogP contribution in [0.5, 0.6) is 0 Å². The topological polar surface area (TPSA) is 73.4 Å². The lowest BCUT2D eigenvalue weighted by atomic mass is 9.97. The van der Waals surface area contributed by atoms with Crippen LogP contribution in [0.3, 0.4) is 0 Å². The van der Waals surface area contributed by atoms with Gasteiger partial charge in [-0.05, 0) is 38.4 Å². The van der Waals surface area contributed by atoms with E-state index in [4.69, 9.17) is 4.74 Å². The molecule has 0 N–H and O–H groups in total. The number of ether oxygens (including phenoxy) is 1. The predicted octanol–water partition coefficient (Wildman–Crippen LogP) is 3.19. The summed E-state index contributed by atoms with van der Waals surface area (Å²) >= 11 is 1.31. The van der Waals surface area contributed by atoms with Crippen molar-refractivity contribution in [3.63, 3.8) is 0 Å². The van der Waals surface area contributed by atoms with Crippen molar-refractivity contribution >= 4 is 37.4 Å².